The molecule has 0 radical (unpaired) electrons. The van der Waals surface area contributed by atoms with Gasteiger partial charge in [0, 0.05) is 11.6 Å². The van der Waals surface area contributed by atoms with Gasteiger partial charge in [0.2, 0.25) is 0 Å². The number of nitrogens with one attached hydrogen (secondary N) is 1. The first-order valence-corrected chi connectivity index (χ1v) is 10.3. The molecular weight excluding hydrogens is 348 g/mol. The van der Waals surface area contributed by atoms with Gasteiger partial charge in [-0.1, -0.05) is 18.2 Å². The maximum absolute atomic E-state index is 12.9. The molecule has 5 nitrogen and oxygen atoms in total. The number of benzene rings is 2. The second-order valence-corrected chi connectivity index (χ2v) is 8.65. The zero-order valence-corrected chi connectivity index (χ0v) is 16.6. The van der Waals surface area contributed by atoms with Crippen molar-refractivity contribution in [3.05, 3.63) is 53.1 Å². The number of rotatable bonds is 5. The van der Waals surface area contributed by atoms with Crippen molar-refractivity contribution >= 4 is 15.7 Å². The number of ether oxygens (including phenoxy) is 1. The van der Waals surface area contributed by atoms with Crippen LogP contribution in [0.15, 0.2) is 41.3 Å². The summed E-state index contributed by atoms with van der Waals surface area (Å²) in [5, 5.41) is 0. The van der Waals surface area contributed by atoms with Gasteiger partial charge >= 0.3 is 0 Å². The highest BCUT2D eigenvalue weighted by atomic mass is 32.2. The molecule has 1 aliphatic rings. The molecule has 6 heteroatoms. The van der Waals surface area contributed by atoms with Crippen LogP contribution in [-0.4, -0.2) is 40.6 Å². The van der Waals surface area contributed by atoms with Crippen LogP contribution in [0.25, 0.3) is 0 Å². The molecule has 1 aliphatic carbocycles. The van der Waals surface area contributed by atoms with Gasteiger partial charge in [-0.25, -0.2) is 8.42 Å². The van der Waals surface area contributed by atoms with Crippen molar-refractivity contribution in [2.45, 2.75) is 37.1 Å². The number of aryl methyl sites for hydroxylation is 1. The Morgan fingerprint density at radius 2 is 1.85 bits per heavy atom. The van der Waals surface area contributed by atoms with E-state index in [1.54, 1.807) is 32.2 Å². The molecule has 0 aliphatic heterocycles. The van der Waals surface area contributed by atoms with Crippen LogP contribution in [-0.2, 0) is 22.9 Å². The van der Waals surface area contributed by atoms with Crippen LogP contribution >= 0.6 is 0 Å². The number of likely N-dealkylation sites (N-methyl/N-ethyl adjacent to an activating group) is 1. The molecule has 0 saturated carbocycles. The number of hydrogen-bond donors (Lipinski definition) is 1. The third-order valence-corrected chi connectivity index (χ3v) is 6.66. The molecule has 3 rings (SSSR count). The summed E-state index contributed by atoms with van der Waals surface area (Å²) in [7, 11) is 2.18. The molecule has 26 heavy (non-hydrogen) atoms. The molecule has 0 amide bonds. The van der Waals surface area contributed by atoms with E-state index in [-0.39, 0.29) is 0 Å². The Bertz CT molecular complexity index is 907. The van der Waals surface area contributed by atoms with Gasteiger partial charge in [0.05, 0.1) is 17.7 Å². The maximum atomic E-state index is 12.9. The monoisotopic (exact) mass is 374 g/mol. The lowest BCUT2D eigenvalue weighted by atomic mass is 9.86. The van der Waals surface area contributed by atoms with E-state index in [1.807, 2.05) is 18.2 Å². The summed E-state index contributed by atoms with van der Waals surface area (Å²) >= 11 is 0. The number of fused-ring (bicyclic) bond motifs is 1. The normalized spacial score (nSPS) is 17.0. The van der Waals surface area contributed by atoms with Crippen molar-refractivity contribution in [1.29, 1.82) is 0 Å². The fourth-order valence-electron chi connectivity index (χ4n) is 3.61. The Labute approximate surface area is 156 Å². The molecule has 1 N–H and O–H groups in total. The van der Waals surface area contributed by atoms with E-state index in [2.05, 4.69) is 23.7 Å². The number of sulfonamides is 1. The van der Waals surface area contributed by atoms with Crippen LogP contribution in [0.4, 0.5) is 5.69 Å². The van der Waals surface area contributed by atoms with Gasteiger partial charge < -0.3 is 9.64 Å². The molecule has 1 unspecified atom stereocenters. The largest absolute Gasteiger partial charge is 0.496 e. The van der Waals surface area contributed by atoms with Gasteiger partial charge in [-0.2, -0.15) is 0 Å². The van der Waals surface area contributed by atoms with E-state index in [9.17, 15) is 8.42 Å². The van der Waals surface area contributed by atoms with E-state index < -0.39 is 10.0 Å². The Kier molecular flexibility index (Phi) is 5.25. The van der Waals surface area contributed by atoms with Crippen LogP contribution in [0.1, 0.15) is 23.1 Å². The lowest BCUT2D eigenvalue weighted by Crippen LogP contribution is -2.34. The first-order valence-electron chi connectivity index (χ1n) is 8.77. The summed E-state index contributed by atoms with van der Waals surface area (Å²) in [6.07, 6.45) is 2.67. The number of methoxy groups -OCH3 is 1. The van der Waals surface area contributed by atoms with Gasteiger partial charge in [0.25, 0.3) is 10.0 Å². The predicted molar refractivity (Wildman–Crippen MR) is 104 cm³/mol. The Morgan fingerprint density at radius 1 is 1.12 bits per heavy atom. The van der Waals surface area contributed by atoms with E-state index in [4.69, 9.17) is 4.74 Å². The first-order chi connectivity index (χ1) is 12.3. The highest BCUT2D eigenvalue weighted by molar-refractivity contribution is 7.92. The molecule has 0 heterocycles. The highest BCUT2D eigenvalue weighted by Crippen LogP contribution is 2.36. The second kappa shape index (κ2) is 7.29. The molecule has 0 aromatic heterocycles. The minimum Gasteiger partial charge on any atom is -0.496 e. The van der Waals surface area contributed by atoms with E-state index in [0.717, 1.165) is 41.7 Å². The molecule has 0 spiro atoms. The summed E-state index contributed by atoms with van der Waals surface area (Å²) in [5.74, 6) is 0.824. The average molecular weight is 375 g/mol. The summed E-state index contributed by atoms with van der Waals surface area (Å²) < 4.78 is 34.1. The fourth-order valence-corrected chi connectivity index (χ4v) is 4.96. The van der Waals surface area contributed by atoms with E-state index >= 15 is 0 Å². The number of nitrogens with zero attached hydrogens (tertiary/aromatic N) is 1. The summed E-state index contributed by atoms with van der Waals surface area (Å²) in [6.45, 7) is 1.81. The highest BCUT2D eigenvalue weighted by Gasteiger charge is 2.27. The fraction of sp³-hybridized carbons (Fsp3) is 0.400. The molecule has 140 valence electrons. The van der Waals surface area contributed by atoms with E-state index in [0.29, 0.717) is 16.6 Å². The Balaban J connectivity index is 2.00. The Hall–Kier alpha value is -2.05. The first kappa shape index (κ1) is 18.7. The third kappa shape index (κ3) is 3.57. The van der Waals surface area contributed by atoms with Crippen LogP contribution in [0.3, 0.4) is 0 Å². The number of hydrogen-bond acceptors (Lipinski definition) is 4. The smallest absolute Gasteiger partial charge is 0.262 e. The quantitative estimate of drug-likeness (QED) is 0.873. The van der Waals surface area contributed by atoms with Crippen molar-refractivity contribution in [2.24, 2.45) is 0 Å². The maximum Gasteiger partial charge on any atom is 0.262 e. The van der Waals surface area contributed by atoms with Crippen molar-refractivity contribution < 1.29 is 13.2 Å². The van der Waals surface area contributed by atoms with Gasteiger partial charge in [-0.15, -0.1) is 0 Å². The molecule has 2 aromatic rings. The van der Waals surface area contributed by atoms with Gasteiger partial charge in [-0.05, 0) is 69.6 Å². The van der Waals surface area contributed by atoms with Crippen molar-refractivity contribution in [2.75, 3.05) is 25.9 Å². The van der Waals surface area contributed by atoms with Crippen molar-refractivity contribution in [1.82, 2.24) is 4.90 Å². The van der Waals surface area contributed by atoms with Gasteiger partial charge in [0.15, 0.2) is 0 Å². The van der Waals surface area contributed by atoms with Crippen LogP contribution in [0.5, 0.6) is 5.75 Å². The standard InChI is InChI=1S/C20H26N2O3S/c1-14-7-5-6-8-20(14)26(23,24)21-18-11-12-19(25-4)17-13-15(22(2)3)9-10-16(17)18/h5-8,11-12,15,21H,9-10,13H2,1-4H3. The molecule has 0 saturated heterocycles. The van der Waals surface area contributed by atoms with Gasteiger partial charge in [0.1, 0.15) is 5.75 Å². The molecule has 0 fully saturated rings. The minimum absolute atomic E-state index is 0.312. The summed E-state index contributed by atoms with van der Waals surface area (Å²) in [5.41, 5.74) is 3.53. The SMILES string of the molecule is COc1ccc(NS(=O)(=O)c2ccccc2C)c2c1CC(N(C)C)CC2. The molecule has 0 bridgehead atoms. The molecule has 1 atom stereocenters. The van der Waals surface area contributed by atoms with Crippen LogP contribution in [0, 0.1) is 6.92 Å². The molecular formula is C20H26N2O3S. The third-order valence-electron chi connectivity index (χ3n) is 5.13. The topological polar surface area (TPSA) is 58.6 Å². The zero-order chi connectivity index (χ0) is 18.9. The van der Waals surface area contributed by atoms with Crippen LogP contribution in [0.2, 0.25) is 0 Å². The predicted octanol–water partition coefficient (Wildman–Crippen LogP) is 3.22. The molecule has 2 aromatic carbocycles. The van der Waals surface area contributed by atoms with Gasteiger partial charge in [-0.3, -0.25) is 4.72 Å². The Morgan fingerprint density at radius 3 is 2.50 bits per heavy atom. The second-order valence-electron chi connectivity index (χ2n) is 7.00. The van der Waals surface area contributed by atoms with E-state index in [1.165, 1.54) is 0 Å². The van der Waals surface area contributed by atoms with Crippen molar-refractivity contribution in [3.8, 4) is 5.75 Å². The zero-order valence-electron chi connectivity index (χ0n) is 15.7. The van der Waals surface area contributed by atoms with Crippen molar-refractivity contribution in [3.63, 3.8) is 0 Å². The lowest BCUT2D eigenvalue weighted by Gasteiger charge is -2.32. The summed E-state index contributed by atoms with van der Waals surface area (Å²) in [6, 6.07) is 11.1. The number of anilines is 1. The lowest BCUT2D eigenvalue weighted by molar-refractivity contribution is 0.265. The summed E-state index contributed by atoms with van der Waals surface area (Å²) in [4.78, 5) is 2.53. The minimum atomic E-state index is -3.63. The average Bonchev–Trinajstić information content (AvgIpc) is 2.61. The van der Waals surface area contributed by atoms with Crippen LogP contribution < -0.4 is 9.46 Å².